The molecule has 0 N–H and O–H groups in total. The summed E-state index contributed by atoms with van der Waals surface area (Å²) < 4.78 is 0. The van der Waals surface area contributed by atoms with Crippen molar-refractivity contribution in [3.63, 3.8) is 0 Å². The SMILES string of the molecule is c1ccc(C(=C(c2ccccc2)c2cc3ccccc3c3ccccc23)c2ccccc2)cc1. The molecule has 0 amide bonds. The van der Waals surface area contributed by atoms with Crippen LogP contribution < -0.4 is 0 Å². The molecule has 160 valence electrons. The Balaban J connectivity index is 1.82. The number of rotatable bonds is 4. The van der Waals surface area contributed by atoms with Gasteiger partial charge in [0.2, 0.25) is 0 Å². The molecule has 34 heavy (non-hydrogen) atoms. The lowest BCUT2D eigenvalue weighted by Gasteiger charge is -2.20. The Labute approximate surface area is 200 Å². The summed E-state index contributed by atoms with van der Waals surface area (Å²) in [5, 5.41) is 5.09. The van der Waals surface area contributed by atoms with Gasteiger partial charge in [-0.3, -0.25) is 0 Å². The Morgan fingerprint density at radius 2 is 0.735 bits per heavy atom. The van der Waals surface area contributed by atoms with Crippen molar-refractivity contribution in [3.8, 4) is 0 Å². The summed E-state index contributed by atoms with van der Waals surface area (Å²) in [5.41, 5.74) is 7.39. The molecule has 0 unspecified atom stereocenters. The van der Waals surface area contributed by atoms with Crippen LogP contribution >= 0.6 is 0 Å². The predicted molar refractivity (Wildman–Crippen MR) is 146 cm³/mol. The van der Waals surface area contributed by atoms with E-state index >= 15 is 0 Å². The molecule has 0 aromatic heterocycles. The van der Waals surface area contributed by atoms with Crippen molar-refractivity contribution in [3.05, 3.63) is 168 Å². The van der Waals surface area contributed by atoms with E-state index in [4.69, 9.17) is 0 Å². The molecular weight excluding hydrogens is 408 g/mol. The van der Waals surface area contributed by atoms with Crippen molar-refractivity contribution < 1.29 is 0 Å². The zero-order valence-electron chi connectivity index (χ0n) is 18.9. The van der Waals surface area contributed by atoms with E-state index in [1.807, 2.05) is 0 Å². The highest BCUT2D eigenvalue weighted by Gasteiger charge is 2.19. The van der Waals surface area contributed by atoms with Gasteiger partial charge in [-0.05, 0) is 61.0 Å². The van der Waals surface area contributed by atoms with Crippen molar-refractivity contribution in [2.75, 3.05) is 0 Å². The maximum Gasteiger partial charge on any atom is -0.00204 e. The molecule has 0 heterocycles. The van der Waals surface area contributed by atoms with Crippen molar-refractivity contribution >= 4 is 32.7 Å². The van der Waals surface area contributed by atoms with Gasteiger partial charge in [0, 0.05) is 0 Å². The number of hydrogen-bond donors (Lipinski definition) is 0. The van der Waals surface area contributed by atoms with Crippen LogP contribution in [-0.4, -0.2) is 0 Å². The topological polar surface area (TPSA) is 0 Å². The fourth-order valence-corrected chi connectivity index (χ4v) is 4.97. The fourth-order valence-electron chi connectivity index (χ4n) is 4.97. The van der Waals surface area contributed by atoms with Crippen molar-refractivity contribution in [2.24, 2.45) is 0 Å². The van der Waals surface area contributed by atoms with Gasteiger partial charge in [-0.25, -0.2) is 0 Å². The van der Waals surface area contributed by atoms with E-state index in [0.29, 0.717) is 0 Å². The van der Waals surface area contributed by atoms with Crippen LogP contribution in [-0.2, 0) is 0 Å². The van der Waals surface area contributed by atoms with Crippen LogP contribution in [0.4, 0.5) is 0 Å². The maximum absolute atomic E-state index is 2.37. The van der Waals surface area contributed by atoms with E-state index in [1.54, 1.807) is 0 Å². The van der Waals surface area contributed by atoms with Gasteiger partial charge >= 0.3 is 0 Å². The molecular formula is C34H24. The summed E-state index contributed by atoms with van der Waals surface area (Å²) in [6.45, 7) is 0. The van der Waals surface area contributed by atoms with Crippen LogP contribution in [0.15, 0.2) is 146 Å². The highest BCUT2D eigenvalue weighted by Crippen LogP contribution is 2.41. The number of fused-ring (bicyclic) bond motifs is 3. The maximum atomic E-state index is 2.37. The molecule has 0 saturated carbocycles. The Kier molecular flexibility index (Phi) is 5.26. The minimum atomic E-state index is 1.21. The third-order valence-electron chi connectivity index (χ3n) is 6.47. The molecule has 0 spiro atoms. The minimum absolute atomic E-state index is 1.21. The zero-order chi connectivity index (χ0) is 22.7. The third-order valence-corrected chi connectivity index (χ3v) is 6.47. The summed E-state index contributed by atoms with van der Waals surface area (Å²) >= 11 is 0. The molecule has 0 heteroatoms. The molecule has 0 saturated heterocycles. The molecule has 6 rings (SSSR count). The van der Waals surface area contributed by atoms with E-state index in [9.17, 15) is 0 Å². The monoisotopic (exact) mass is 432 g/mol. The average Bonchev–Trinajstić information content (AvgIpc) is 2.93. The molecule has 0 atom stereocenters. The smallest absolute Gasteiger partial charge is 0.00204 e. The molecule has 0 bridgehead atoms. The van der Waals surface area contributed by atoms with Gasteiger partial charge < -0.3 is 0 Å². The highest BCUT2D eigenvalue weighted by atomic mass is 14.2. The summed E-state index contributed by atoms with van der Waals surface area (Å²) in [4.78, 5) is 0. The van der Waals surface area contributed by atoms with E-state index < -0.39 is 0 Å². The van der Waals surface area contributed by atoms with Crippen LogP contribution in [0.5, 0.6) is 0 Å². The summed E-state index contributed by atoms with van der Waals surface area (Å²) in [7, 11) is 0. The van der Waals surface area contributed by atoms with E-state index in [-0.39, 0.29) is 0 Å². The Morgan fingerprint density at radius 1 is 0.324 bits per heavy atom. The van der Waals surface area contributed by atoms with Crippen molar-refractivity contribution in [1.29, 1.82) is 0 Å². The first kappa shape index (κ1) is 20.2. The van der Waals surface area contributed by atoms with Crippen LogP contribution in [0.25, 0.3) is 32.7 Å². The lowest BCUT2D eigenvalue weighted by atomic mass is 9.83. The first-order chi connectivity index (χ1) is 16.9. The summed E-state index contributed by atoms with van der Waals surface area (Å²) in [6, 6.07) is 52.2. The van der Waals surface area contributed by atoms with Crippen molar-refractivity contribution in [2.45, 2.75) is 0 Å². The number of hydrogen-bond acceptors (Lipinski definition) is 0. The lowest BCUT2D eigenvalue weighted by molar-refractivity contribution is 1.52. The second-order valence-corrected chi connectivity index (χ2v) is 8.54. The molecule has 6 aromatic rings. The van der Waals surface area contributed by atoms with Gasteiger partial charge in [-0.15, -0.1) is 0 Å². The Morgan fingerprint density at radius 3 is 1.29 bits per heavy atom. The van der Waals surface area contributed by atoms with E-state index in [0.717, 1.165) is 0 Å². The normalized spacial score (nSPS) is 10.9. The first-order valence-corrected chi connectivity index (χ1v) is 11.7. The van der Waals surface area contributed by atoms with Crippen molar-refractivity contribution in [1.82, 2.24) is 0 Å². The lowest BCUT2D eigenvalue weighted by Crippen LogP contribution is -1.98. The molecule has 0 fully saturated rings. The average molecular weight is 433 g/mol. The molecule has 0 nitrogen and oxygen atoms in total. The Bertz CT molecular complexity index is 1570. The van der Waals surface area contributed by atoms with Crippen LogP contribution in [0.3, 0.4) is 0 Å². The number of benzene rings is 6. The second-order valence-electron chi connectivity index (χ2n) is 8.54. The van der Waals surface area contributed by atoms with E-state index in [2.05, 4.69) is 146 Å². The highest BCUT2D eigenvalue weighted by molar-refractivity contribution is 6.17. The van der Waals surface area contributed by atoms with Crippen LogP contribution in [0.1, 0.15) is 22.3 Å². The molecule has 6 aromatic carbocycles. The largest absolute Gasteiger partial charge is 0.0622 e. The van der Waals surface area contributed by atoms with Gasteiger partial charge in [-0.1, -0.05) is 140 Å². The predicted octanol–water partition coefficient (Wildman–Crippen LogP) is 9.00. The van der Waals surface area contributed by atoms with Gasteiger partial charge in [0.25, 0.3) is 0 Å². The van der Waals surface area contributed by atoms with Crippen LogP contribution in [0, 0.1) is 0 Å². The molecule has 0 radical (unpaired) electrons. The fraction of sp³-hybridized carbons (Fsp3) is 0. The van der Waals surface area contributed by atoms with Gasteiger partial charge in [0.1, 0.15) is 0 Å². The third kappa shape index (κ3) is 3.60. The van der Waals surface area contributed by atoms with Crippen LogP contribution in [0.2, 0.25) is 0 Å². The standard InChI is InChI=1S/C34H24/c1-4-14-25(15-5-1)33(26-16-6-2-7-17-26)34(27-18-8-3-9-19-27)32-24-28-20-10-11-21-29(28)30-22-12-13-23-31(30)32/h1-24H. The van der Waals surface area contributed by atoms with Gasteiger partial charge in [0.15, 0.2) is 0 Å². The minimum Gasteiger partial charge on any atom is -0.0622 e. The second kappa shape index (κ2) is 8.84. The Hall–Kier alpha value is -4.42. The van der Waals surface area contributed by atoms with Gasteiger partial charge in [0.05, 0.1) is 0 Å². The quantitative estimate of drug-likeness (QED) is 0.193. The first-order valence-electron chi connectivity index (χ1n) is 11.7. The molecule has 0 aliphatic heterocycles. The molecule has 0 aliphatic carbocycles. The zero-order valence-corrected chi connectivity index (χ0v) is 18.9. The summed E-state index contributed by atoms with van der Waals surface area (Å²) in [5.74, 6) is 0. The summed E-state index contributed by atoms with van der Waals surface area (Å²) in [6.07, 6.45) is 0. The molecule has 0 aliphatic rings. The van der Waals surface area contributed by atoms with Gasteiger partial charge in [-0.2, -0.15) is 0 Å². The van der Waals surface area contributed by atoms with E-state index in [1.165, 1.54) is 54.9 Å².